The summed E-state index contributed by atoms with van der Waals surface area (Å²) < 4.78 is 2.01. The normalized spacial score (nSPS) is 28.6. The van der Waals surface area contributed by atoms with Crippen LogP contribution < -0.4 is 5.73 Å². The van der Waals surface area contributed by atoms with Crippen molar-refractivity contribution in [3.05, 3.63) is 16.4 Å². The fraction of sp³-hybridized carbons (Fsp3) is 0.786. The first-order chi connectivity index (χ1) is 8.45. The van der Waals surface area contributed by atoms with Gasteiger partial charge in [-0.1, -0.05) is 31.4 Å². The predicted molar refractivity (Wildman–Crippen MR) is 75.9 cm³/mol. The lowest BCUT2D eigenvalue weighted by molar-refractivity contribution is 0.231. The van der Waals surface area contributed by atoms with E-state index in [0.717, 1.165) is 48.1 Å². The first-order valence-corrected chi connectivity index (χ1v) is 7.33. The average Bonchev–Trinajstić information content (AvgIpc) is 2.56. The molecule has 1 heterocycles. The summed E-state index contributed by atoms with van der Waals surface area (Å²) in [6.45, 7) is 7.21. The number of aryl methyl sites for hydroxylation is 2. The van der Waals surface area contributed by atoms with E-state index in [1.165, 1.54) is 12.8 Å². The molecule has 0 amide bonds. The number of nitrogens with zero attached hydrogens (tertiary/aromatic N) is 2. The van der Waals surface area contributed by atoms with Crippen LogP contribution in [0, 0.1) is 12.8 Å². The minimum atomic E-state index is -0.0965. The van der Waals surface area contributed by atoms with Gasteiger partial charge in [-0.2, -0.15) is 5.10 Å². The van der Waals surface area contributed by atoms with Crippen LogP contribution in [-0.4, -0.2) is 15.3 Å². The zero-order chi connectivity index (χ0) is 13.3. The first-order valence-electron chi connectivity index (χ1n) is 6.96. The number of rotatable bonds is 3. The van der Waals surface area contributed by atoms with Crippen LogP contribution in [0.25, 0.3) is 0 Å². The summed E-state index contributed by atoms with van der Waals surface area (Å²) >= 11 is 6.37. The zero-order valence-corrected chi connectivity index (χ0v) is 12.4. The molecule has 1 aliphatic carbocycles. The van der Waals surface area contributed by atoms with Gasteiger partial charge >= 0.3 is 0 Å². The molecule has 2 rings (SSSR count). The lowest BCUT2D eigenvalue weighted by Gasteiger charge is -2.37. The standard InChI is InChI=1S/C14H24ClN3/c1-4-18-12(13(15)11(3)17-18)9-14(16)7-5-6-10(2)8-14/h10H,4-9,16H2,1-3H3. The maximum atomic E-state index is 6.58. The molecule has 3 nitrogen and oxygen atoms in total. The number of hydrogen-bond donors (Lipinski definition) is 1. The van der Waals surface area contributed by atoms with E-state index in [-0.39, 0.29) is 5.54 Å². The van der Waals surface area contributed by atoms with E-state index >= 15 is 0 Å². The number of aromatic nitrogens is 2. The van der Waals surface area contributed by atoms with E-state index in [0.29, 0.717) is 0 Å². The minimum Gasteiger partial charge on any atom is -0.325 e. The van der Waals surface area contributed by atoms with Crippen LogP contribution in [0.4, 0.5) is 0 Å². The number of halogens is 1. The Morgan fingerprint density at radius 1 is 1.56 bits per heavy atom. The summed E-state index contributed by atoms with van der Waals surface area (Å²) in [5.74, 6) is 0.724. The predicted octanol–water partition coefficient (Wildman–Crippen LogP) is 3.31. The molecule has 2 atom stereocenters. The highest BCUT2D eigenvalue weighted by Crippen LogP contribution is 2.34. The van der Waals surface area contributed by atoms with Crippen LogP contribution in [0.1, 0.15) is 50.9 Å². The molecule has 2 N–H and O–H groups in total. The van der Waals surface area contributed by atoms with Crippen molar-refractivity contribution in [3.8, 4) is 0 Å². The first kappa shape index (κ1) is 13.9. The smallest absolute Gasteiger partial charge is 0.0847 e. The van der Waals surface area contributed by atoms with Crippen molar-refractivity contribution in [1.29, 1.82) is 0 Å². The molecule has 18 heavy (non-hydrogen) atoms. The van der Waals surface area contributed by atoms with Crippen LogP contribution in [0.2, 0.25) is 5.02 Å². The second-order valence-corrected chi connectivity index (χ2v) is 6.28. The molecule has 0 radical (unpaired) electrons. The second-order valence-electron chi connectivity index (χ2n) is 5.90. The van der Waals surface area contributed by atoms with E-state index in [1.807, 2.05) is 11.6 Å². The van der Waals surface area contributed by atoms with Crippen molar-refractivity contribution >= 4 is 11.6 Å². The summed E-state index contributed by atoms with van der Waals surface area (Å²) in [7, 11) is 0. The van der Waals surface area contributed by atoms with Crippen LogP contribution in [0.3, 0.4) is 0 Å². The molecule has 0 spiro atoms. The second kappa shape index (κ2) is 5.22. The fourth-order valence-corrected chi connectivity index (χ4v) is 3.43. The molecule has 1 aromatic heterocycles. The molecule has 0 aromatic carbocycles. The molecule has 1 aromatic rings. The highest BCUT2D eigenvalue weighted by Gasteiger charge is 2.33. The Labute approximate surface area is 115 Å². The molecule has 1 fully saturated rings. The molecule has 4 heteroatoms. The van der Waals surface area contributed by atoms with Gasteiger partial charge in [0.25, 0.3) is 0 Å². The Balaban J connectivity index is 2.22. The van der Waals surface area contributed by atoms with Gasteiger partial charge in [-0.25, -0.2) is 0 Å². The molecular weight excluding hydrogens is 246 g/mol. The van der Waals surface area contributed by atoms with E-state index < -0.39 is 0 Å². The maximum Gasteiger partial charge on any atom is 0.0847 e. The molecule has 0 bridgehead atoms. The third kappa shape index (κ3) is 2.72. The van der Waals surface area contributed by atoms with Crippen LogP contribution in [-0.2, 0) is 13.0 Å². The van der Waals surface area contributed by atoms with E-state index in [9.17, 15) is 0 Å². The van der Waals surface area contributed by atoms with Gasteiger partial charge in [-0.3, -0.25) is 4.68 Å². The van der Waals surface area contributed by atoms with Crippen LogP contribution >= 0.6 is 11.6 Å². The van der Waals surface area contributed by atoms with Crippen molar-refractivity contribution < 1.29 is 0 Å². The Morgan fingerprint density at radius 2 is 2.28 bits per heavy atom. The molecule has 2 unspecified atom stereocenters. The van der Waals surface area contributed by atoms with Gasteiger partial charge in [-0.05, 0) is 32.6 Å². The minimum absolute atomic E-state index is 0.0965. The molecular formula is C14H24ClN3. The molecule has 1 aliphatic rings. The van der Waals surface area contributed by atoms with Crippen molar-refractivity contribution in [2.24, 2.45) is 11.7 Å². The Hall–Kier alpha value is -0.540. The molecule has 102 valence electrons. The van der Waals surface area contributed by atoms with Crippen LogP contribution in [0.5, 0.6) is 0 Å². The van der Waals surface area contributed by atoms with E-state index in [1.54, 1.807) is 0 Å². The summed E-state index contributed by atoms with van der Waals surface area (Å²) in [6, 6.07) is 0. The largest absolute Gasteiger partial charge is 0.325 e. The Morgan fingerprint density at radius 3 is 2.89 bits per heavy atom. The van der Waals surface area contributed by atoms with Gasteiger partial charge in [0.15, 0.2) is 0 Å². The highest BCUT2D eigenvalue weighted by atomic mass is 35.5. The Kier molecular flexibility index (Phi) is 4.02. The van der Waals surface area contributed by atoms with Crippen molar-refractivity contribution in [2.75, 3.05) is 0 Å². The summed E-state index contributed by atoms with van der Waals surface area (Å²) in [5, 5.41) is 5.28. The molecule has 0 aliphatic heterocycles. The van der Waals surface area contributed by atoms with Crippen molar-refractivity contribution in [3.63, 3.8) is 0 Å². The zero-order valence-electron chi connectivity index (χ0n) is 11.7. The van der Waals surface area contributed by atoms with Crippen LogP contribution in [0.15, 0.2) is 0 Å². The molecule has 1 saturated carbocycles. The highest BCUT2D eigenvalue weighted by molar-refractivity contribution is 6.31. The van der Waals surface area contributed by atoms with Gasteiger partial charge in [0, 0.05) is 18.5 Å². The number of hydrogen-bond acceptors (Lipinski definition) is 2. The van der Waals surface area contributed by atoms with Crippen molar-refractivity contribution in [1.82, 2.24) is 9.78 Å². The lowest BCUT2D eigenvalue weighted by Crippen LogP contribution is -2.46. The van der Waals surface area contributed by atoms with Gasteiger partial charge in [0.05, 0.1) is 16.4 Å². The third-order valence-corrected chi connectivity index (χ3v) is 4.59. The summed E-state index contributed by atoms with van der Waals surface area (Å²) in [6.07, 6.45) is 5.58. The quantitative estimate of drug-likeness (QED) is 0.915. The number of nitrogens with two attached hydrogens (primary N) is 1. The summed E-state index contributed by atoms with van der Waals surface area (Å²) in [5.41, 5.74) is 8.52. The van der Waals surface area contributed by atoms with Gasteiger partial charge in [-0.15, -0.1) is 0 Å². The van der Waals surface area contributed by atoms with E-state index in [2.05, 4.69) is 18.9 Å². The van der Waals surface area contributed by atoms with Gasteiger partial charge in [0.2, 0.25) is 0 Å². The van der Waals surface area contributed by atoms with Gasteiger partial charge < -0.3 is 5.73 Å². The summed E-state index contributed by atoms with van der Waals surface area (Å²) in [4.78, 5) is 0. The lowest BCUT2D eigenvalue weighted by atomic mass is 9.74. The third-order valence-electron chi connectivity index (χ3n) is 4.10. The van der Waals surface area contributed by atoms with E-state index in [4.69, 9.17) is 17.3 Å². The SMILES string of the molecule is CCn1nc(C)c(Cl)c1CC1(N)CCCC(C)C1. The topological polar surface area (TPSA) is 43.8 Å². The Bertz CT molecular complexity index is 427. The van der Waals surface area contributed by atoms with Gasteiger partial charge in [0.1, 0.15) is 0 Å². The fourth-order valence-electron chi connectivity index (χ4n) is 3.23. The maximum absolute atomic E-state index is 6.58. The monoisotopic (exact) mass is 269 g/mol. The average molecular weight is 270 g/mol. The molecule has 0 saturated heterocycles. The van der Waals surface area contributed by atoms with Crippen molar-refractivity contribution in [2.45, 2.75) is 65.0 Å².